The van der Waals surface area contributed by atoms with E-state index in [4.69, 9.17) is 4.74 Å². The number of rotatable bonds is 2. The number of morpholine rings is 1. The zero-order chi connectivity index (χ0) is 16.5. The highest BCUT2D eigenvalue weighted by Crippen LogP contribution is 2.27. The molecule has 1 aliphatic heterocycles. The molecule has 2 aromatic heterocycles. The number of carbonyl (C=O) groups excluding carboxylic acids is 1. The van der Waals surface area contributed by atoms with Crippen LogP contribution < -0.4 is 0 Å². The summed E-state index contributed by atoms with van der Waals surface area (Å²) in [6.07, 6.45) is 3.52. The number of hydrogen-bond donors (Lipinski definition) is 1. The summed E-state index contributed by atoms with van der Waals surface area (Å²) >= 11 is 0. The lowest BCUT2D eigenvalue weighted by Gasteiger charge is -2.35. The van der Waals surface area contributed by atoms with E-state index in [2.05, 4.69) is 15.2 Å². The van der Waals surface area contributed by atoms with E-state index in [1.807, 2.05) is 42.2 Å². The van der Waals surface area contributed by atoms with Crippen molar-refractivity contribution in [1.82, 2.24) is 20.1 Å². The minimum atomic E-state index is -0.140. The zero-order valence-electron chi connectivity index (χ0n) is 13.4. The van der Waals surface area contributed by atoms with E-state index in [0.717, 1.165) is 22.2 Å². The van der Waals surface area contributed by atoms with E-state index in [9.17, 15) is 4.79 Å². The predicted octanol–water partition coefficient (Wildman–Crippen LogP) is 2.48. The Hall–Kier alpha value is -2.73. The number of aromatic nitrogens is 3. The van der Waals surface area contributed by atoms with Crippen LogP contribution in [0.15, 0.2) is 42.7 Å². The van der Waals surface area contributed by atoms with Crippen molar-refractivity contribution >= 4 is 16.8 Å². The van der Waals surface area contributed by atoms with Gasteiger partial charge in [-0.15, -0.1) is 0 Å². The van der Waals surface area contributed by atoms with Crippen molar-refractivity contribution in [2.75, 3.05) is 19.8 Å². The fourth-order valence-electron chi connectivity index (χ4n) is 3.15. The van der Waals surface area contributed by atoms with Crippen LogP contribution in [0.1, 0.15) is 27.7 Å². The molecule has 1 unspecified atom stereocenters. The quantitative estimate of drug-likeness (QED) is 0.787. The van der Waals surface area contributed by atoms with Gasteiger partial charge in [0.05, 0.1) is 36.7 Å². The van der Waals surface area contributed by atoms with Gasteiger partial charge in [0.2, 0.25) is 0 Å². The molecule has 3 aromatic rings. The second-order valence-electron chi connectivity index (χ2n) is 5.97. The third-order valence-electron chi connectivity index (χ3n) is 4.44. The molecule has 0 aliphatic carbocycles. The number of ether oxygens (including phenoxy) is 1. The van der Waals surface area contributed by atoms with Crippen molar-refractivity contribution in [2.45, 2.75) is 13.0 Å². The zero-order valence-corrected chi connectivity index (χ0v) is 13.4. The first-order chi connectivity index (χ1) is 11.7. The van der Waals surface area contributed by atoms with Crippen molar-refractivity contribution < 1.29 is 9.53 Å². The van der Waals surface area contributed by atoms with Gasteiger partial charge in [-0.3, -0.25) is 14.9 Å². The maximum Gasteiger partial charge on any atom is 0.254 e. The number of aromatic amines is 1. The monoisotopic (exact) mass is 322 g/mol. The normalized spacial score (nSPS) is 18.0. The molecule has 122 valence electrons. The summed E-state index contributed by atoms with van der Waals surface area (Å²) in [5, 5.41) is 8.05. The third-order valence-corrected chi connectivity index (χ3v) is 4.44. The smallest absolute Gasteiger partial charge is 0.254 e. The molecule has 1 amide bonds. The van der Waals surface area contributed by atoms with E-state index in [-0.39, 0.29) is 11.9 Å². The average Bonchev–Trinajstić information content (AvgIpc) is 3.06. The average molecular weight is 322 g/mol. The third kappa shape index (κ3) is 2.55. The molecule has 0 saturated carbocycles. The standard InChI is InChI=1S/C18H18N4O2/c1-12-10-20-21-17(12)16-11-24-8-7-22(16)18(23)14-4-5-15-13(9-14)3-2-6-19-15/h2-6,9-10,16H,7-8,11H2,1H3,(H,20,21). The number of hydrogen-bond acceptors (Lipinski definition) is 4. The highest BCUT2D eigenvalue weighted by atomic mass is 16.5. The van der Waals surface area contributed by atoms with E-state index in [1.165, 1.54) is 0 Å². The number of aryl methyl sites for hydroxylation is 1. The number of benzene rings is 1. The Morgan fingerprint density at radius 1 is 1.38 bits per heavy atom. The van der Waals surface area contributed by atoms with Gasteiger partial charge in [0.15, 0.2) is 0 Å². The molecule has 1 saturated heterocycles. The van der Waals surface area contributed by atoms with Crippen molar-refractivity contribution in [3.8, 4) is 0 Å². The number of pyridine rings is 1. The minimum Gasteiger partial charge on any atom is -0.377 e. The first kappa shape index (κ1) is 14.8. The molecule has 4 rings (SSSR count). The Bertz CT molecular complexity index is 889. The second-order valence-corrected chi connectivity index (χ2v) is 5.97. The molecule has 1 fully saturated rings. The topological polar surface area (TPSA) is 71.1 Å². The molecule has 1 N–H and O–H groups in total. The molecule has 1 atom stereocenters. The molecule has 1 aliphatic rings. The van der Waals surface area contributed by atoms with Gasteiger partial charge in [0.1, 0.15) is 0 Å². The van der Waals surface area contributed by atoms with Crippen molar-refractivity contribution in [2.24, 2.45) is 0 Å². The van der Waals surface area contributed by atoms with Gasteiger partial charge in [-0.1, -0.05) is 6.07 Å². The summed E-state index contributed by atoms with van der Waals surface area (Å²) < 4.78 is 5.60. The molecular formula is C18H18N4O2. The van der Waals surface area contributed by atoms with Crippen LogP contribution in [0.3, 0.4) is 0 Å². The molecule has 3 heterocycles. The summed E-state index contributed by atoms with van der Waals surface area (Å²) in [7, 11) is 0. The van der Waals surface area contributed by atoms with E-state index >= 15 is 0 Å². The van der Waals surface area contributed by atoms with Gasteiger partial charge >= 0.3 is 0 Å². The number of fused-ring (bicyclic) bond motifs is 1. The Balaban J connectivity index is 1.69. The van der Waals surface area contributed by atoms with E-state index < -0.39 is 0 Å². The van der Waals surface area contributed by atoms with Gasteiger partial charge in [-0.2, -0.15) is 5.10 Å². The largest absolute Gasteiger partial charge is 0.377 e. The Morgan fingerprint density at radius 3 is 3.12 bits per heavy atom. The lowest BCUT2D eigenvalue weighted by molar-refractivity contribution is -0.00406. The predicted molar refractivity (Wildman–Crippen MR) is 89.7 cm³/mol. The molecule has 24 heavy (non-hydrogen) atoms. The van der Waals surface area contributed by atoms with Crippen LogP contribution in [0.2, 0.25) is 0 Å². The van der Waals surface area contributed by atoms with Crippen LogP contribution in [0.5, 0.6) is 0 Å². The van der Waals surface area contributed by atoms with Crippen LogP contribution in [0.25, 0.3) is 10.9 Å². The van der Waals surface area contributed by atoms with Gasteiger partial charge in [0.25, 0.3) is 5.91 Å². The summed E-state index contributed by atoms with van der Waals surface area (Å²) in [6, 6.07) is 9.33. The number of nitrogens with one attached hydrogen (secondary N) is 1. The lowest BCUT2D eigenvalue weighted by atomic mass is 10.1. The Morgan fingerprint density at radius 2 is 2.29 bits per heavy atom. The van der Waals surface area contributed by atoms with Crippen molar-refractivity contribution in [3.05, 3.63) is 59.5 Å². The van der Waals surface area contributed by atoms with Gasteiger partial charge in [-0.05, 0) is 36.8 Å². The number of H-pyrrole nitrogens is 1. The lowest BCUT2D eigenvalue weighted by Crippen LogP contribution is -2.43. The number of nitrogens with zero attached hydrogens (tertiary/aromatic N) is 3. The highest BCUT2D eigenvalue weighted by molar-refractivity contribution is 5.98. The summed E-state index contributed by atoms with van der Waals surface area (Å²) in [4.78, 5) is 19.2. The molecule has 0 bridgehead atoms. The maximum absolute atomic E-state index is 13.1. The molecule has 0 radical (unpaired) electrons. The van der Waals surface area contributed by atoms with Crippen LogP contribution in [0, 0.1) is 6.92 Å². The Kier molecular flexibility index (Phi) is 3.74. The number of carbonyl (C=O) groups is 1. The fourth-order valence-corrected chi connectivity index (χ4v) is 3.15. The van der Waals surface area contributed by atoms with Crippen LogP contribution in [0.4, 0.5) is 0 Å². The highest BCUT2D eigenvalue weighted by Gasteiger charge is 2.31. The summed E-state index contributed by atoms with van der Waals surface area (Å²) in [6.45, 7) is 3.57. The van der Waals surface area contributed by atoms with Crippen molar-refractivity contribution in [3.63, 3.8) is 0 Å². The molecular weight excluding hydrogens is 304 g/mol. The maximum atomic E-state index is 13.1. The molecule has 0 spiro atoms. The molecule has 6 nitrogen and oxygen atoms in total. The Labute approximate surface area is 139 Å². The van der Waals surface area contributed by atoms with E-state index in [1.54, 1.807) is 12.4 Å². The number of amides is 1. The fraction of sp³-hybridized carbons (Fsp3) is 0.278. The van der Waals surface area contributed by atoms with Crippen LogP contribution >= 0.6 is 0 Å². The second kappa shape index (κ2) is 6.05. The first-order valence-electron chi connectivity index (χ1n) is 7.97. The first-order valence-corrected chi connectivity index (χ1v) is 7.97. The summed E-state index contributed by atoms with van der Waals surface area (Å²) in [5.41, 5.74) is 3.52. The molecule has 1 aromatic carbocycles. The molecule has 6 heteroatoms. The van der Waals surface area contributed by atoms with Gasteiger partial charge in [-0.25, -0.2) is 0 Å². The van der Waals surface area contributed by atoms with Gasteiger partial charge in [0, 0.05) is 23.7 Å². The van der Waals surface area contributed by atoms with Gasteiger partial charge < -0.3 is 9.64 Å². The van der Waals surface area contributed by atoms with Crippen molar-refractivity contribution in [1.29, 1.82) is 0 Å². The SMILES string of the molecule is Cc1cn[nH]c1C1COCCN1C(=O)c1ccc2ncccc2c1. The van der Waals surface area contributed by atoms with E-state index in [0.29, 0.717) is 25.3 Å². The summed E-state index contributed by atoms with van der Waals surface area (Å²) in [5.74, 6) is 0.00283. The van der Waals surface area contributed by atoms with Crippen LogP contribution in [-0.4, -0.2) is 45.7 Å². The minimum absolute atomic E-state index is 0.00283. The van der Waals surface area contributed by atoms with Crippen LogP contribution in [-0.2, 0) is 4.74 Å².